The van der Waals surface area contributed by atoms with Crippen LogP contribution < -0.4 is 5.32 Å². The number of amides is 2. The van der Waals surface area contributed by atoms with E-state index in [4.69, 9.17) is 5.11 Å². The fourth-order valence-corrected chi connectivity index (χ4v) is 4.49. The number of carboxylic acid groups (broad SMARTS) is 1. The summed E-state index contributed by atoms with van der Waals surface area (Å²) in [7, 11) is 0. The topological polar surface area (TPSA) is 127 Å². The van der Waals surface area contributed by atoms with E-state index in [0.717, 1.165) is 10.5 Å². The van der Waals surface area contributed by atoms with E-state index in [1.807, 2.05) is 30.3 Å². The third-order valence-electron chi connectivity index (χ3n) is 4.90. The summed E-state index contributed by atoms with van der Waals surface area (Å²) in [6, 6.07) is 7.11. The fraction of sp³-hybridized carbons (Fsp3) is 0.550. The number of aliphatic carboxylic acids is 1. The highest BCUT2D eigenvalue weighted by Gasteiger charge is 2.50. The molecule has 0 bridgehead atoms. The minimum atomic E-state index is -1.59. The molecule has 2 rings (SSSR count). The molecular formula is C20H28N2O6S. The van der Waals surface area contributed by atoms with Crippen LogP contribution in [-0.2, 0) is 20.8 Å². The Labute approximate surface area is 174 Å². The first-order valence-corrected chi connectivity index (χ1v) is 10.5. The number of rotatable bonds is 9. The first-order chi connectivity index (χ1) is 13.7. The molecule has 0 radical (unpaired) electrons. The monoisotopic (exact) mass is 424 g/mol. The summed E-state index contributed by atoms with van der Waals surface area (Å²) >= 11 is 1.33. The standard InChI is InChI=1S/C20H28N2O6S/c1-20(2)17(19(27)28)22(12-29-20)18(26)16(25)14(21-15(24)9-6-10-23)11-13-7-4-3-5-8-13/h3-5,7-8,14,16-17,23,25H,6,9-12H2,1-2H3,(H,21,24)(H,27,28)/t14-,16-,17+/m0/s1. The first-order valence-electron chi connectivity index (χ1n) is 9.47. The van der Waals surface area contributed by atoms with Crippen LogP contribution in [0.4, 0.5) is 0 Å². The molecule has 2 amide bonds. The van der Waals surface area contributed by atoms with E-state index >= 15 is 0 Å². The fourth-order valence-electron chi connectivity index (χ4n) is 3.36. The van der Waals surface area contributed by atoms with Gasteiger partial charge in [-0.1, -0.05) is 30.3 Å². The van der Waals surface area contributed by atoms with Crippen LogP contribution in [0, 0.1) is 0 Å². The zero-order chi connectivity index (χ0) is 21.6. The molecule has 9 heteroatoms. The Balaban J connectivity index is 2.20. The molecule has 3 atom stereocenters. The van der Waals surface area contributed by atoms with Gasteiger partial charge in [-0.3, -0.25) is 9.59 Å². The minimum Gasteiger partial charge on any atom is -0.480 e. The maximum absolute atomic E-state index is 13.0. The number of aliphatic hydroxyl groups is 2. The summed E-state index contributed by atoms with van der Waals surface area (Å²) in [5, 5.41) is 31.9. The van der Waals surface area contributed by atoms with Gasteiger partial charge < -0.3 is 25.5 Å². The number of nitrogens with one attached hydrogen (secondary N) is 1. The second-order valence-corrected chi connectivity index (χ2v) is 9.16. The van der Waals surface area contributed by atoms with Crippen molar-refractivity contribution in [3.8, 4) is 0 Å². The average molecular weight is 425 g/mol. The number of benzene rings is 1. The van der Waals surface area contributed by atoms with E-state index < -0.39 is 40.7 Å². The van der Waals surface area contributed by atoms with Gasteiger partial charge in [0.25, 0.3) is 5.91 Å². The lowest BCUT2D eigenvalue weighted by atomic mass is 9.97. The number of aliphatic hydroxyl groups excluding tert-OH is 2. The van der Waals surface area contributed by atoms with Gasteiger partial charge in [-0.15, -0.1) is 11.8 Å². The van der Waals surface area contributed by atoms with Crippen molar-refractivity contribution < 1.29 is 29.7 Å². The normalized spacial score (nSPS) is 20.1. The molecule has 1 saturated heterocycles. The van der Waals surface area contributed by atoms with Crippen LogP contribution >= 0.6 is 11.8 Å². The molecule has 1 aromatic rings. The van der Waals surface area contributed by atoms with Gasteiger partial charge in [0.15, 0.2) is 6.10 Å². The Morgan fingerprint density at radius 1 is 1.28 bits per heavy atom. The molecule has 1 aliphatic heterocycles. The van der Waals surface area contributed by atoms with Gasteiger partial charge in [-0.25, -0.2) is 4.79 Å². The summed E-state index contributed by atoms with van der Waals surface area (Å²) in [5.41, 5.74) is 0.817. The van der Waals surface area contributed by atoms with E-state index in [0.29, 0.717) is 0 Å². The maximum atomic E-state index is 13.0. The third-order valence-corrected chi connectivity index (χ3v) is 6.28. The molecule has 160 valence electrons. The maximum Gasteiger partial charge on any atom is 0.327 e. The largest absolute Gasteiger partial charge is 0.480 e. The van der Waals surface area contributed by atoms with E-state index in [1.165, 1.54) is 11.8 Å². The molecule has 0 spiro atoms. The van der Waals surface area contributed by atoms with E-state index in [-0.39, 0.29) is 31.7 Å². The lowest BCUT2D eigenvalue weighted by Gasteiger charge is -2.31. The highest BCUT2D eigenvalue weighted by atomic mass is 32.2. The molecule has 1 aromatic carbocycles. The van der Waals surface area contributed by atoms with Crippen LogP contribution in [0.3, 0.4) is 0 Å². The lowest BCUT2D eigenvalue weighted by Crippen LogP contribution is -2.56. The molecule has 0 unspecified atom stereocenters. The average Bonchev–Trinajstić information content (AvgIpc) is 3.00. The molecule has 4 N–H and O–H groups in total. The van der Waals surface area contributed by atoms with Gasteiger partial charge in [0.1, 0.15) is 6.04 Å². The van der Waals surface area contributed by atoms with Crippen LogP contribution in [0.25, 0.3) is 0 Å². The second-order valence-electron chi connectivity index (χ2n) is 7.56. The molecule has 8 nitrogen and oxygen atoms in total. The molecule has 0 aliphatic carbocycles. The quantitative estimate of drug-likeness (QED) is 0.457. The smallest absolute Gasteiger partial charge is 0.327 e. The highest BCUT2D eigenvalue weighted by molar-refractivity contribution is 8.00. The van der Waals surface area contributed by atoms with Crippen LogP contribution in [0.5, 0.6) is 0 Å². The van der Waals surface area contributed by atoms with Crippen molar-refractivity contribution >= 4 is 29.5 Å². The number of carbonyl (C=O) groups excluding carboxylic acids is 2. The Bertz CT molecular complexity index is 727. The highest BCUT2D eigenvalue weighted by Crippen LogP contribution is 2.39. The molecule has 1 aliphatic rings. The molecule has 0 aromatic heterocycles. The van der Waals surface area contributed by atoms with E-state index in [9.17, 15) is 24.6 Å². The summed E-state index contributed by atoms with van der Waals surface area (Å²) < 4.78 is -0.694. The predicted octanol–water partition coefficient (Wildman–Crippen LogP) is 0.612. The van der Waals surface area contributed by atoms with Crippen molar-refractivity contribution in [2.75, 3.05) is 12.5 Å². The number of thioether (sulfide) groups is 1. The second kappa shape index (κ2) is 10.1. The summed E-state index contributed by atoms with van der Waals surface area (Å²) in [6.07, 6.45) is -1.05. The van der Waals surface area contributed by atoms with E-state index in [2.05, 4.69) is 5.32 Å². The van der Waals surface area contributed by atoms with Crippen LogP contribution in [0.15, 0.2) is 30.3 Å². The van der Waals surface area contributed by atoms with Crippen molar-refractivity contribution in [3.63, 3.8) is 0 Å². The van der Waals surface area contributed by atoms with Gasteiger partial charge in [0.2, 0.25) is 5.91 Å². The lowest BCUT2D eigenvalue weighted by molar-refractivity contribution is -0.154. The van der Waals surface area contributed by atoms with Crippen LogP contribution in [0.2, 0.25) is 0 Å². The molecule has 1 heterocycles. The Hall–Kier alpha value is -2.10. The minimum absolute atomic E-state index is 0.0625. The molecule has 1 fully saturated rings. The number of hydrogen-bond donors (Lipinski definition) is 4. The zero-order valence-electron chi connectivity index (χ0n) is 16.6. The summed E-state index contributed by atoms with van der Waals surface area (Å²) in [4.78, 5) is 38.0. The summed E-state index contributed by atoms with van der Waals surface area (Å²) in [6.45, 7) is 3.35. The van der Waals surface area contributed by atoms with Gasteiger partial charge in [-0.05, 0) is 32.3 Å². The van der Waals surface area contributed by atoms with Crippen molar-refractivity contribution in [2.45, 2.75) is 56.0 Å². The number of carbonyl (C=O) groups is 3. The van der Waals surface area contributed by atoms with Gasteiger partial charge in [0, 0.05) is 17.8 Å². The predicted molar refractivity (Wildman–Crippen MR) is 109 cm³/mol. The third kappa shape index (κ3) is 5.94. The van der Waals surface area contributed by atoms with Crippen molar-refractivity contribution in [1.29, 1.82) is 0 Å². The van der Waals surface area contributed by atoms with Gasteiger partial charge in [0.05, 0.1) is 11.9 Å². The number of hydrogen-bond acceptors (Lipinski definition) is 6. The van der Waals surface area contributed by atoms with Crippen LogP contribution in [0.1, 0.15) is 32.3 Å². The SMILES string of the molecule is CC1(C)SCN(C(=O)[C@@H](O)[C@H](Cc2ccccc2)NC(=O)CCCO)[C@@H]1C(=O)O. The van der Waals surface area contributed by atoms with E-state index in [1.54, 1.807) is 13.8 Å². The Morgan fingerprint density at radius 2 is 1.93 bits per heavy atom. The summed E-state index contributed by atoms with van der Waals surface area (Å²) in [5.74, 6) is -2.10. The number of nitrogens with zero attached hydrogens (tertiary/aromatic N) is 1. The van der Waals surface area contributed by atoms with Crippen LogP contribution in [-0.4, -0.2) is 73.4 Å². The molecule has 0 saturated carbocycles. The first kappa shape index (κ1) is 23.2. The van der Waals surface area contributed by atoms with Crippen molar-refractivity contribution in [3.05, 3.63) is 35.9 Å². The van der Waals surface area contributed by atoms with Gasteiger partial charge in [-0.2, -0.15) is 0 Å². The molecular weight excluding hydrogens is 396 g/mol. The van der Waals surface area contributed by atoms with Crippen molar-refractivity contribution in [2.24, 2.45) is 0 Å². The van der Waals surface area contributed by atoms with Crippen molar-refractivity contribution in [1.82, 2.24) is 10.2 Å². The van der Waals surface area contributed by atoms with Gasteiger partial charge >= 0.3 is 5.97 Å². The molecule has 29 heavy (non-hydrogen) atoms. The zero-order valence-corrected chi connectivity index (χ0v) is 17.4. The Morgan fingerprint density at radius 3 is 2.52 bits per heavy atom. The Kier molecular flexibility index (Phi) is 8.06. The number of carboxylic acids is 1.